The van der Waals surface area contributed by atoms with Crippen LogP contribution in [0.1, 0.15) is 23.1 Å². The molecule has 2 aromatic rings. The van der Waals surface area contributed by atoms with Gasteiger partial charge in [-0.2, -0.15) is 0 Å². The minimum absolute atomic E-state index is 0.0104. The fraction of sp³-hybridized carbons (Fsp3) is 0.200. The Morgan fingerprint density at radius 1 is 1.05 bits per heavy atom. The number of hydrogen-bond donors (Lipinski definition) is 2. The Kier molecular flexibility index (Phi) is 4.70. The Bertz CT molecular complexity index is 606. The molecule has 0 saturated heterocycles. The van der Waals surface area contributed by atoms with Gasteiger partial charge in [-0.05, 0) is 29.8 Å². The average Bonchev–Trinajstić information content (AvgIpc) is 2.44. The van der Waals surface area contributed by atoms with Crippen molar-refractivity contribution in [1.82, 2.24) is 0 Å². The lowest BCUT2D eigenvalue weighted by molar-refractivity contribution is 0.141. The molecule has 0 heterocycles. The van der Waals surface area contributed by atoms with E-state index in [1.54, 1.807) is 12.1 Å². The predicted molar refractivity (Wildman–Crippen MR) is 74.6 cm³/mol. The van der Waals surface area contributed by atoms with Crippen LogP contribution in [0, 0.1) is 11.6 Å². The number of aliphatic hydroxyl groups excluding tert-OH is 1. The van der Waals surface area contributed by atoms with Gasteiger partial charge in [0.2, 0.25) is 0 Å². The highest BCUT2D eigenvalue weighted by Gasteiger charge is 2.26. The van der Waals surface area contributed by atoms with Gasteiger partial charge in [-0.15, -0.1) is 0 Å². The zero-order valence-electron chi connectivity index (χ0n) is 10.6. The van der Waals surface area contributed by atoms with Gasteiger partial charge >= 0.3 is 0 Å². The Morgan fingerprint density at radius 2 is 1.70 bits per heavy atom. The first-order valence-electron chi connectivity index (χ1n) is 6.12. The maximum Gasteiger partial charge on any atom is 0.129 e. The Hall–Kier alpha value is -1.49. The van der Waals surface area contributed by atoms with E-state index in [2.05, 4.69) is 0 Å². The minimum Gasteiger partial charge on any atom is -0.388 e. The molecule has 0 aliphatic heterocycles. The van der Waals surface area contributed by atoms with Crippen molar-refractivity contribution in [2.24, 2.45) is 5.73 Å². The Morgan fingerprint density at radius 3 is 2.35 bits per heavy atom. The largest absolute Gasteiger partial charge is 0.388 e. The summed E-state index contributed by atoms with van der Waals surface area (Å²) in [5.41, 5.74) is 5.88. The normalized spacial score (nSPS) is 14.1. The summed E-state index contributed by atoms with van der Waals surface area (Å²) in [7, 11) is 0. The van der Waals surface area contributed by atoms with E-state index < -0.39 is 23.7 Å². The number of hydrogen-bond acceptors (Lipinski definition) is 2. The average molecular weight is 298 g/mol. The topological polar surface area (TPSA) is 46.2 Å². The van der Waals surface area contributed by atoms with Gasteiger partial charge in [0.25, 0.3) is 0 Å². The zero-order chi connectivity index (χ0) is 14.7. The number of aliphatic hydroxyl groups is 1. The van der Waals surface area contributed by atoms with Crippen LogP contribution in [-0.2, 0) is 0 Å². The molecule has 20 heavy (non-hydrogen) atoms. The standard InChI is InChI=1S/C15H14ClF2NO/c16-9-5-6-14(18)11(7-9)15(20)12(8-19)10-3-1-2-4-13(10)17/h1-7,12,15,20H,8,19H2. The lowest BCUT2D eigenvalue weighted by Crippen LogP contribution is -2.22. The first-order chi connectivity index (χ1) is 9.54. The van der Waals surface area contributed by atoms with Crippen molar-refractivity contribution in [3.8, 4) is 0 Å². The number of rotatable bonds is 4. The van der Waals surface area contributed by atoms with Crippen LogP contribution >= 0.6 is 11.6 Å². The van der Waals surface area contributed by atoms with Gasteiger partial charge in [0.15, 0.2) is 0 Å². The van der Waals surface area contributed by atoms with Crippen LogP contribution in [0.2, 0.25) is 5.02 Å². The fourth-order valence-corrected chi connectivity index (χ4v) is 2.34. The van der Waals surface area contributed by atoms with Crippen LogP contribution < -0.4 is 5.73 Å². The van der Waals surface area contributed by atoms with E-state index in [0.717, 1.165) is 6.07 Å². The summed E-state index contributed by atoms with van der Waals surface area (Å²) < 4.78 is 27.6. The fourth-order valence-electron chi connectivity index (χ4n) is 2.16. The summed E-state index contributed by atoms with van der Waals surface area (Å²) in [4.78, 5) is 0. The summed E-state index contributed by atoms with van der Waals surface area (Å²) in [5.74, 6) is -1.83. The molecule has 0 aromatic heterocycles. The molecule has 2 nitrogen and oxygen atoms in total. The molecule has 2 rings (SSSR count). The lowest BCUT2D eigenvalue weighted by Gasteiger charge is -2.23. The maximum absolute atomic E-state index is 13.8. The van der Waals surface area contributed by atoms with Crippen molar-refractivity contribution in [3.05, 3.63) is 70.2 Å². The van der Waals surface area contributed by atoms with Crippen molar-refractivity contribution in [3.63, 3.8) is 0 Å². The van der Waals surface area contributed by atoms with Crippen LogP contribution in [0.25, 0.3) is 0 Å². The molecule has 2 aromatic carbocycles. The third-order valence-corrected chi connectivity index (χ3v) is 3.45. The van der Waals surface area contributed by atoms with E-state index in [0.29, 0.717) is 5.02 Å². The van der Waals surface area contributed by atoms with Crippen LogP contribution in [0.3, 0.4) is 0 Å². The molecule has 0 spiro atoms. The van der Waals surface area contributed by atoms with Crippen LogP contribution in [0.4, 0.5) is 8.78 Å². The van der Waals surface area contributed by atoms with E-state index in [-0.39, 0.29) is 17.7 Å². The third kappa shape index (κ3) is 2.98. The highest BCUT2D eigenvalue weighted by atomic mass is 35.5. The van der Waals surface area contributed by atoms with Gasteiger partial charge in [0, 0.05) is 23.0 Å². The molecule has 0 fully saturated rings. The zero-order valence-corrected chi connectivity index (χ0v) is 11.3. The number of halogens is 3. The quantitative estimate of drug-likeness (QED) is 0.908. The molecule has 5 heteroatoms. The number of benzene rings is 2. The monoisotopic (exact) mass is 297 g/mol. The SMILES string of the molecule is NCC(c1ccccc1F)C(O)c1cc(Cl)ccc1F. The minimum atomic E-state index is -1.27. The van der Waals surface area contributed by atoms with Crippen LogP contribution in [0.15, 0.2) is 42.5 Å². The maximum atomic E-state index is 13.8. The summed E-state index contributed by atoms with van der Waals surface area (Å²) in [5, 5.41) is 10.6. The Labute approximate surface area is 120 Å². The molecule has 0 aliphatic carbocycles. The third-order valence-electron chi connectivity index (χ3n) is 3.22. The molecule has 2 atom stereocenters. The smallest absolute Gasteiger partial charge is 0.129 e. The van der Waals surface area contributed by atoms with Gasteiger partial charge in [-0.1, -0.05) is 29.8 Å². The van der Waals surface area contributed by atoms with E-state index in [1.165, 1.54) is 24.3 Å². The predicted octanol–water partition coefficient (Wildman–Crippen LogP) is 3.39. The molecule has 0 aliphatic rings. The first kappa shape index (κ1) is 14.9. The van der Waals surface area contributed by atoms with E-state index >= 15 is 0 Å². The van der Waals surface area contributed by atoms with Crippen molar-refractivity contribution in [2.45, 2.75) is 12.0 Å². The summed E-state index contributed by atoms with van der Waals surface area (Å²) in [6.07, 6.45) is -1.27. The highest BCUT2D eigenvalue weighted by molar-refractivity contribution is 6.30. The molecule has 0 saturated carbocycles. The lowest BCUT2D eigenvalue weighted by atomic mass is 9.88. The van der Waals surface area contributed by atoms with Gasteiger partial charge in [-0.3, -0.25) is 0 Å². The molecule has 0 radical (unpaired) electrons. The second-order valence-corrected chi connectivity index (χ2v) is 4.91. The summed E-state index contributed by atoms with van der Waals surface area (Å²) in [6.45, 7) is -0.0198. The second kappa shape index (κ2) is 6.31. The molecule has 0 bridgehead atoms. The van der Waals surface area contributed by atoms with Crippen molar-refractivity contribution >= 4 is 11.6 Å². The molecule has 106 valence electrons. The second-order valence-electron chi connectivity index (χ2n) is 4.47. The summed E-state index contributed by atoms with van der Waals surface area (Å²) in [6, 6.07) is 9.85. The molecule has 2 unspecified atom stereocenters. The van der Waals surface area contributed by atoms with Crippen molar-refractivity contribution in [2.75, 3.05) is 6.54 Å². The summed E-state index contributed by atoms with van der Waals surface area (Å²) >= 11 is 5.80. The molecular formula is C15H14ClF2NO. The van der Waals surface area contributed by atoms with Crippen LogP contribution in [-0.4, -0.2) is 11.7 Å². The molecule has 3 N–H and O–H groups in total. The van der Waals surface area contributed by atoms with E-state index in [1.807, 2.05) is 0 Å². The van der Waals surface area contributed by atoms with Crippen molar-refractivity contribution < 1.29 is 13.9 Å². The van der Waals surface area contributed by atoms with Crippen LogP contribution in [0.5, 0.6) is 0 Å². The first-order valence-corrected chi connectivity index (χ1v) is 6.50. The molecule has 0 amide bonds. The van der Waals surface area contributed by atoms with Gasteiger partial charge in [0.1, 0.15) is 11.6 Å². The van der Waals surface area contributed by atoms with E-state index in [9.17, 15) is 13.9 Å². The van der Waals surface area contributed by atoms with E-state index in [4.69, 9.17) is 17.3 Å². The number of nitrogens with two attached hydrogens (primary N) is 1. The van der Waals surface area contributed by atoms with Gasteiger partial charge < -0.3 is 10.8 Å². The van der Waals surface area contributed by atoms with Crippen molar-refractivity contribution in [1.29, 1.82) is 0 Å². The highest BCUT2D eigenvalue weighted by Crippen LogP contribution is 2.33. The van der Waals surface area contributed by atoms with Gasteiger partial charge in [-0.25, -0.2) is 8.78 Å². The van der Waals surface area contributed by atoms with Gasteiger partial charge in [0.05, 0.1) is 6.10 Å². The molecular weight excluding hydrogens is 284 g/mol. The Balaban J connectivity index is 2.41.